The molecule has 0 saturated heterocycles. The zero-order valence-electron chi connectivity index (χ0n) is 20.3. The fraction of sp³-hybridized carbons (Fsp3) is 0.185. The number of anilines is 1. The maximum atomic E-state index is 13.5. The van der Waals surface area contributed by atoms with Crippen LogP contribution in [-0.2, 0) is 12.7 Å². The number of hydrogen-bond donors (Lipinski definition) is 1. The Balaban J connectivity index is 1.73. The van der Waals surface area contributed by atoms with E-state index in [4.69, 9.17) is 4.98 Å². The van der Waals surface area contributed by atoms with Crippen LogP contribution in [0.4, 0.5) is 19.1 Å². The SMILES string of the molecule is CNc1nc(-c2ccc(C)cc2)c(-c2ccc(C)cc2)c2nn(Cc3ccc(C(F)(F)F)nc3)c(=O)n12. The van der Waals surface area contributed by atoms with Crippen molar-refractivity contribution in [2.45, 2.75) is 26.6 Å². The summed E-state index contributed by atoms with van der Waals surface area (Å²) in [5, 5.41) is 7.61. The quantitative estimate of drug-likeness (QED) is 0.349. The number of benzene rings is 2. The molecule has 0 aliphatic heterocycles. The number of aryl methyl sites for hydroxylation is 2. The fourth-order valence-electron chi connectivity index (χ4n) is 4.11. The van der Waals surface area contributed by atoms with Crippen LogP contribution in [0.2, 0.25) is 0 Å². The third-order valence-electron chi connectivity index (χ3n) is 6.07. The van der Waals surface area contributed by atoms with E-state index in [0.717, 1.165) is 34.5 Å². The van der Waals surface area contributed by atoms with Crippen molar-refractivity contribution >= 4 is 11.6 Å². The Morgan fingerprint density at radius 2 is 1.51 bits per heavy atom. The molecule has 188 valence electrons. The van der Waals surface area contributed by atoms with Gasteiger partial charge in [0.1, 0.15) is 5.69 Å². The molecule has 0 bridgehead atoms. The van der Waals surface area contributed by atoms with Gasteiger partial charge in [0.25, 0.3) is 0 Å². The summed E-state index contributed by atoms with van der Waals surface area (Å²) < 4.78 is 41.3. The van der Waals surface area contributed by atoms with Gasteiger partial charge in [-0.05, 0) is 31.0 Å². The number of pyridine rings is 1. The zero-order chi connectivity index (χ0) is 26.3. The van der Waals surface area contributed by atoms with E-state index in [1.165, 1.54) is 15.1 Å². The molecule has 5 aromatic rings. The van der Waals surface area contributed by atoms with Crippen LogP contribution in [0.5, 0.6) is 0 Å². The summed E-state index contributed by atoms with van der Waals surface area (Å²) in [5.74, 6) is 0.295. The Bertz CT molecular complexity index is 1630. The molecular formula is C27H23F3N6O. The summed E-state index contributed by atoms with van der Waals surface area (Å²) in [5.41, 5.74) is 4.49. The predicted molar refractivity (Wildman–Crippen MR) is 135 cm³/mol. The van der Waals surface area contributed by atoms with E-state index in [1.54, 1.807) is 7.05 Å². The topological polar surface area (TPSA) is 77.1 Å². The van der Waals surface area contributed by atoms with Crippen molar-refractivity contribution in [2.24, 2.45) is 0 Å². The molecular weight excluding hydrogens is 481 g/mol. The van der Waals surface area contributed by atoms with E-state index < -0.39 is 17.6 Å². The summed E-state index contributed by atoms with van der Waals surface area (Å²) in [6, 6.07) is 17.9. The number of hydrogen-bond acceptors (Lipinski definition) is 5. The number of fused-ring (bicyclic) bond motifs is 1. The monoisotopic (exact) mass is 504 g/mol. The lowest BCUT2D eigenvalue weighted by Gasteiger charge is -2.14. The second kappa shape index (κ2) is 9.20. The summed E-state index contributed by atoms with van der Waals surface area (Å²) in [4.78, 5) is 21.7. The van der Waals surface area contributed by atoms with Gasteiger partial charge < -0.3 is 5.32 Å². The van der Waals surface area contributed by atoms with E-state index in [2.05, 4.69) is 15.4 Å². The Kier molecular flexibility index (Phi) is 6.02. The first-order chi connectivity index (χ1) is 17.7. The van der Waals surface area contributed by atoms with Gasteiger partial charge in [-0.15, -0.1) is 5.10 Å². The highest BCUT2D eigenvalue weighted by atomic mass is 19.4. The predicted octanol–water partition coefficient (Wildman–Crippen LogP) is 5.35. The maximum Gasteiger partial charge on any atom is 0.433 e. The second-order valence-corrected chi connectivity index (χ2v) is 8.79. The molecule has 7 nitrogen and oxygen atoms in total. The molecule has 5 rings (SSSR count). The third-order valence-corrected chi connectivity index (χ3v) is 6.07. The maximum absolute atomic E-state index is 13.5. The number of halogens is 3. The lowest BCUT2D eigenvalue weighted by Crippen LogP contribution is -2.23. The molecule has 0 saturated carbocycles. The molecule has 0 radical (unpaired) electrons. The summed E-state index contributed by atoms with van der Waals surface area (Å²) in [6.45, 7) is 3.93. The van der Waals surface area contributed by atoms with Crippen LogP contribution >= 0.6 is 0 Å². The highest BCUT2D eigenvalue weighted by molar-refractivity contribution is 5.90. The molecule has 10 heteroatoms. The average molecular weight is 505 g/mol. The smallest absolute Gasteiger partial charge is 0.358 e. The summed E-state index contributed by atoms with van der Waals surface area (Å²) >= 11 is 0. The van der Waals surface area contributed by atoms with Gasteiger partial charge in [-0.3, -0.25) is 4.98 Å². The Morgan fingerprint density at radius 3 is 2.05 bits per heavy atom. The Morgan fingerprint density at radius 1 is 0.892 bits per heavy atom. The molecule has 0 aliphatic carbocycles. The Hall–Kier alpha value is -4.47. The largest absolute Gasteiger partial charge is 0.433 e. The molecule has 0 fully saturated rings. The second-order valence-electron chi connectivity index (χ2n) is 8.79. The van der Waals surface area contributed by atoms with Gasteiger partial charge in [-0.1, -0.05) is 65.7 Å². The van der Waals surface area contributed by atoms with Crippen LogP contribution in [0, 0.1) is 13.8 Å². The highest BCUT2D eigenvalue weighted by Gasteiger charge is 2.32. The minimum Gasteiger partial charge on any atom is -0.358 e. The van der Waals surface area contributed by atoms with E-state index in [0.29, 0.717) is 28.4 Å². The van der Waals surface area contributed by atoms with Gasteiger partial charge in [0.15, 0.2) is 5.65 Å². The van der Waals surface area contributed by atoms with Crippen LogP contribution in [-0.4, -0.2) is 31.2 Å². The van der Waals surface area contributed by atoms with Gasteiger partial charge in [-0.2, -0.15) is 13.2 Å². The van der Waals surface area contributed by atoms with Crippen molar-refractivity contribution in [2.75, 3.05) is 12.4 Å². The van der Waals surface area contributed by atoms with Crippen molar-refractivity contribution in [3.8, 4) is 22.4 Å². The van der Waals surface area contributed by atoms with Crippen LogP contribution < -0.4 is 11.0 Å². The molecule has 37 heavy (non-hydrogen) atoms. The first-order valence-corrected chi connectivity index (χ1v) is 11.5. The normalized spacial score (nSPS) is 11.7. The molecule has 3 heterocycles. The molecule has 0 amide bonds. The molecule has 1 N–H and O–H groups in total. The van der Waals surface area contributed by atoms with Crippen LogP contribution in [0.25, 0.3) is 28.0 Å². The van der Waals surface area contributed by atoms with Gasteiger partial charge in [0, 0.05) is 18.8 Å². The minimum atomic E-state index is -4.54. The van der Waals surface area contributed by atoms with Crippen LogP contribution in [0.15, 0.2) is 71.7 Å². The third kappa shape index (κ3) is 4.57. The summed E-state index contributed by atoms with van der Waals surface area (Å²) in [7, 11) is 1.66. The molecule has 0 spiro atoms. The van der Waals surface area contributed by atoms with Crippen molar-refractivity contribution in [3.63, 3.8) is 0 Å². The number of rotatable bonds is 5. The number of nitrogens with one attached hydrogen (secondary N) is 1. The fourth-order valence-corrected chi connectivity index (χ4v) is 4.11. The van der Waals surface area contributed by atoms with Gasteiger partial charge >= 0.3 is 11.9 Å². The van der Waals surface area contributed by atoms with Crippen molar-refractivity contribution in [1.29, 1.82) is 0 Å². The molecule has 0 unspecified atom stereocenters. The van der Waals surface area contributed by atoms with Crippen LogP contribution in [0.1, 0.15) is 22.4 Å². The molecule has 3 aromatic heterocycles. The molecule has 2 aromatic carbocycles. The zero-order valence-corrected chi connectivity index (χ0v) is 20.3. The van der Waals surface area contributed by atoms with Crippen molar-refractivity contribution in [3.05, 3.63) is 99.7 Å². The number of alkyl halides is 3. The Labute approximate surface area is 210 Å². The summed E-state index contributed by atoms with van der Waals surface area (Å²) in [6.07, 6.45) is -3.43. The standard InChI is InChI=1S/C27H23F3N6O/c1-16-4-9-19(10-5-16)22-23(20-11-6-17(2)7-12-20)33-25(31-3)36-24(22)34-35(26(36)37)15-18-8-13-21(32-14-18)27(28,29)30/h4-14H,15H2,1-3H3,(H,31,33). The number of aromatic nitrogens is 5. The average Bonchev–Trinajstić information content (AvgIpc) is 3.20. The minimum absolute atomic E-state index is 0.0536. The van der Waals surface area contributed by atoms with Crippen molar-refractivity contribution < 1.29 is 13.2 Å². The van der Waals surface area contributed by atoms with E-state index in [-0.39, 0.29) is 6.54 Å². The first-order valence-electron chi connectivity index (χ1n) is 11.5. The van der Waals surface area contributed by atoms with Crippen LogP contribution in [0.3, 0.4) is 0 Å². The van der Waals surface area contributed by atoms with Gasteiger partial charge in [-0.25, -0.2) is 18.9 Å². The lowest BCUT2D eigenvalue weighted by molar-refractivity contribution is -0.141. The van der Waals surface area contributed by atoms with E-state index in [9.17, 15) is 18.0 Å². The molecule has 0 atom stereocenters. The highest BCUT2D eigenvalue weighted by Crippen LogP contribution is 2.35. The van der Waals surface area contributed by atoms with E-state index in [1.807, 2.05) is 62.4 Å². The lowest BCUT2D eigenvalue weighted by atomic mass is 9.98. The van der Waals surface area contributed by atoms with E-state index >= 15 is 0 Å². The number of nitrogens with zero attached hydrogens (tertiary/aromatic N) is 5. The van der Waals surface area contributed by atoms with Gasteiger partial charge in [0.05, 0.1) is 17.8 Å². The van der Waals surface area contributed by atoms with Crippen molar-refractivity contribution in [1.82, 2.24) is 24.1 Å². The van der Waals surface area contributed by atoms with Gasteiger partial charge in [0.2, 0.25) is 5.95 Å². The first kappa shape index (κ1) is 24.2. The molecule has 0 aliphatic rings.